The molecule has 0 bridgehead atoms. The van der Waals surface area contributed by atoms with E-state index >= 15 is 4.57 Å². The maximum Gasteiger partial charge on any atom is 0.695 e. The van der Waals surface area contributed by atoms with Crippen molar-refractivity contribution in [3.05, 3.63) is 66.3 Å². The first-order chi connectivity index (χ1) is 35.6. The van der Waals surface area contributed by atoms with Crippen LogP contribution in [-0.4, -0.2) is 129 Å². The lowest BCUT2D eigenvalue weighted by Gasteiger charge is -2.40. The molecule has 27 heteroatoms. The van der Waals surface area contributed by atoms with Crippen LogP contribution in [0.1, 0.15) is 113 Å². The Morgan fingerprint density at radius 1 is 0.947 bits per heavy atom. The Morgan fingerprint density at radius 3 is 2.22 bits per heavy atom. The van der Waals surface area contributed by atoms with Gasteiger partial charge in [0.15, 0.2) is 51.6 Å². The number of aromatic nitrogens is 6. The smallest absolute Gasteiger partial charge is 0.409 e. The van der Waals surface area contributed by atoms with Gasteiger partial charge in [-0.1, -0.05) is 85.7 Å². The zero-order valence-electron chi connectivity index (χ0n) is 45.0. The van der Waals surface area contributed by atoms with Crippen molar-refractivity contribution < 1.29 is 65.2 Å². The van der Waals surface area contributed by atoms with Crippen molar-refractivity contribution in [2.75, 3.05) is 19.8 Å². The third-order valence-corrected chi connectivity index (χ3v) is 25.7. The molecule has 3 aromatic heterocycles. The number of ketones is 2. The molecule has 412 valence electrons. The van der Waals surface area contributed by atoms with Crippen LogP contribution in [0.5, 0.6) is 0 Å². The van der Waals surface area contributed by atoms with Gasteiger partial charge in [0.1, 0.15) is 42.1 Å². The van der Waals surface area contributed by atoms with Crippen molar-refractivity contribution in [3.8, 4) is 6.07 Å². The van der Waals surface area contributed by atoms with Crippen LogP contribution in [0.2, 0.25) is 36.3 Å². The first kappa shape index (κ1) is 59.0. The summed E-state index contributed by atoms with van der Waals surface area (Å²) in [5.41, 5.74) is 1.58. The minimum atomic E-state index is -4.93. The number of amidine groups is 1. The third-order valence-electron chi connectivity index (χ3n) is 14.9. The molecular weight excluding hydrogens is 1060 g/mol. The topological polar surface area (TPSA) is 300 Å². The van der Waals surface area contributed by atoms with Crippen LogP contribution in [0, 0.1) is 23.2 Å². The number of aliphatic hydroxyl groups is 1. The fraction of sp³-hybridized carbons (Fsp3) is 0.612. The van der Waals surface area contributed by atoms with Crippen LogP contribution in [0.4, 0.5) is 5.82 Å². The number of rotatable bonds is 21. The monoisotopic (exact) mass is 1130 g/mol. The van der Waals surface area contributed by atoms with Gasteiger partial charge in [0.05, 0.1) is 75.6 Å². The summed E-state index contributed by atoms with van der Waals surface area (Å²) in [4.78, 5) is 72.9. The lowest BCUT2D eigenvalue weighted by Crippen LogP contribution is -2.50. The SMILES string of the molecule is CC(C)C(=O)NC1=Nc2c(ncn2[C@@H]2O[C@H](CO)[C@@H](O[Si](C)(C)C(C)(C)C)[C@H]2OP(=O)(OCCC#N)OC[C@H]2C[C@@H](n3cnc4c(CC(=O)c5ccccc5)ncnc43)[C@H](O[Si](C)(C)C(C)(C)C)[C@@H]2O[P+](=O)O)C(=O)C1. The number of amides is 1. The van der Waals surface area contributed by atoms with Crippen LogP contribution in [0.15, 0.2) is 54.3 Å². The van der Waals surface area contributed by atoms with E-state index < -0.39 is 118 Å². The fourth-order valence-corrected chi connectivity index (χ4v) is 13.2. The predicted molar refractivity (Wildman–Crippen MR) is 283 cm³/mol. The number of nitriles is 1. The van der Waals surface area contributed by atoms with Gasteiger partial charge in [-0.25, -0.2) is 29.5 Å². The van der Waals surface area contributed by atoms with Gasteiger partial charge < -0.3 is 28.6 Å². The second kappa shape index (κ2) is 23.4. The average molecular weight is 1130 g/mol. The number of carbonyl (C=O) groups is 3. The molecule has 1 aromatic carbocycles. The molecule has 5 heterocycles. The number of aliphatic hydroxyl groups excluding tert-OH is 1. The minimum Gasteiger partial charge on any atom is -0.409 e. The first-order valence-electron chi connectivity index (χ1n) is 25.2. The van der Waals surface area contributed by atoms with Crippen LogP contribution in [0.25, 0.3) is 11.2 Å². The summed E-state index contributed by atoms with van der Waals surface area (Å²) in [6.45, 7) is 22.1. The number of carbonyl (C=O) groups excluding carboxylic acids is 3. The van der Waals surface area contributed by atoms with Gasteiger partial charge in [0.2, 0.25) is 5.91 Å². The highest BCUT2D eigenvalue weighted by molar-refractivity contribution is 7.48. The molecule has 0 spiro atoms. The summed E-state index contributed by atoms with van der Waals surface area (Å²) < 4.78 is 76.8. The second-order valence-electron chi connectivity index (χ2n) is 22.6. The van der Waals surface area contributed by atoms with Crippen molar-refractivity contribution in [1.82, 2.24) is 34.4 Å². The molecule has 1 saturated heterocycles. The molecule has 1 aliphatic carbocycles. The van der Waals surface area contributed by atoms with E-state index in [9.17, 15) is 34.2 Å². The van der Waals surface area contributed by atoms with Crippen molar-refractivity contribution in [1.29, 1.82) is 5.26 Å². The number of Topliss-reactive ketones (excluding diaryl/α,β-unsaturated/α-hetero) is 2. The van der Waals surface area contributed by atoms with Crippen LogP contribution >= 0.6 is 16.1 Å². The number of fused-ring (bicyclic) bond motifs is 2. The summed E-state index contributed by atoms with van der Waals surface area (Å²) in [5.74, 6) is -2.22. The second-order valence-corrected chi connectivity index (χ2v) is 34.4. The van der Waals surface area contributed by atoms with Crippen molar-refractivity contribution in [2.24, 2.45) is 16.8 Å². The lowest BCUT2D eigenvalue weighted by atomic mass is 10.1. The van der Waals surface area contributed by atoms with E-state index in [1.807, 2.05) is 79.9 Å². The fourth-order valence-electron chi connectivity index (χ4n) is 8.66. The highest BCUT2D eigenvalue weighted by Gasteiger charge is 2.57. The number of hydrogen-bond acceptors (Lipinski definition) is 19. The number of phosphoric ester groups is 1. The predicted octanol–water partition coefficient (Wildman–Crippen LogP) is 8.24. The molecule has 23 nitrogen and oxygen atoms in total. The summed E-state index contributed by atoms with van der Waals surface area (Å²) in [7, 11) is -13.8. The molecule has 2 unspecified atom stereocenters. The number of phosphoric acid groups is 1. The highest BCUT2D eigenvalue weighted by Crippen LogP contribution is 2.57. The van der Waals surface area contributed by atoms with E-state index in [-0.39, 0.29) is 59.8 Å². The lowest BCUT2D eigenvalue weighted by molar-refractivity contribution is -0.122. The molecule has 0 radical (unpaired) electrons. The highest BCUT2D eigenvalue weighted by atomic mass is 31.2. The molecule has 1 amide bonds. The molecule has 1 saturated carbocycles. The molecular formula is C49H70N9O14P2Si2+. The summed E-state index contributed by atoms with van der Waals surface area (Å²) in [6, 6.07) is 10.1. The number of aliphatic imine (C=N–C) groups is 1. The Morgan fingerprint density at radius 2 is 1.61 bits per heavy atom. The van der Waals surface area contributed by atoms with Crippen molar-refractivity contribution >= 4 is 73.0 Å². The maximum absolute atomic E-state index is 15.6. The standard InChI is InChI=1S/C49H69N9O14P2Si2/c1-29(2)46(62)56-37-23-35(61)39-45(55-37)58(28-54-39)47-43(42(36(24-59)68-47)72-76(11,12)49(6,7)8)70-74(65,66-20-16-19-50)67-25-31-21-33(41(40(31)69-73(63)64)71-75(9,10)48(3,4)5)57-27-53-38-32(51-26-52-44(38)57)22-34(60)30-17-14-13-15-18-30/h13-15,17-18,26-29,31,33,36,40-43,47,59H,16,20-25H2,1-12H3,(H-,55,56,61,62,63,64)/p+1/t31-,33-,36-,40-,41+,42-,43-,47-,74?/m1/s1. The minimum absolute atomic E-state index is 0.00481. The third kappa shape index (κ3) is 12.9. The van der Waals surface area contributed by atoms with Gasteiger partial charge >= 0.3 is 16.1 Å². The number of hydrogen-bond donors (Lipinski definition) is 3. The molecule has 7 rings (SSSR count). The zero-order valence-corrected chi connectivity index (χ0v) is 48.8. The number of nitrogens with one attached hydrogen (secondary N) is 1. The quantitative estimate of drug-likeness (QED) is 0.0306. The van der Waals surface area contributed by atoms with Crippen LogP contribution in [0.3, 0.4) is 0 Å². The summed E-state index contributed by atoms with van der Waals surface area (Å²) >= 11 is 0. The zero-order chi connectivity index (χ0) is 55.7. The van der Waals surface area contributed by atoms with E-state index in [0.717, 1.165) is 0 Å². The van der Waals surface area contributed by atoms with E-state index in [0.29, 0.717) is 22.4 Å². The number of ether oxygens (including phenoxy) is 1. The van der Waals surface area contributed by atoms with Gasteiger partial charge in [0, 0.05) is 22.0 Å². The van der Waals surface area contributed by atoms with E-state index in [4.69, 9.17) is 31.7 Å². The Labute approximate surface area is 445 Å². The van der Waals surface area contributed by atoms with Crippen LogP contribution < -0.4 is 5.32 Å². The molecule has 2 aliphatic heterocycles. The summed E-state index contributed by atoms with van der Waals surface area (Å²) in [5, 5.41) is 22.5. The van der Waals surface area contributed by atoms with Crippen molar-refractivity contribution in [2.45, 2.75) is 160 Å². The Hall–Kier alpha value is -4.65. The average Bonchev–Trinajstić information content (AvgIpc) is 4.12. The normalized spacial score (nSPS) is 24.3. The number of benzene rings is 1. The number of nitrogens with zero attached hydrogens (tertiary/aromatic N) is 8. The van der Waals surface area contributed by atoms with Crippen molar-refractivity contribution in [3.63, 3.8) is 0 Å². The maximum atomic E-state index is 15.6. The first-order valence-corrected chi connectivity index (χ1v) is 33.6. The van der Waals surface area contributed by atoms with Gasteiger partial charge in [-0.3, -0.25) is 32.5 Å². The van der Waals surface area contributed by atoms with Gasteiger partial charge in [-0.2, -0.15) is 5.26 Å². The van der Waals surface area contributed by atoms with E-state index in [2.05, 4.69) is 30.2 Å². The summed E-state index contributed by atoms with van der Waals surface area (Å²) in [6.07, 6.45) is -3.48. The van der Waals surface area contributed by atoms with Gasteiger partial charge in [0.25, 0.3) is 0 Å². The molecule has 10 atom stereocenters. The molecule has 2 fully saturated rings. The Bertz CT molecular complexity index is 2920. The van der Waals surface area contributed by atoms with E-state index in [1.54, 1.807) is 49.0 Å². The Balaban J connectivity index is 1.28. The molecule has 4 aromatic rings. The molecule has 3 N–H and O–H groups in total. The largest absolute Gasteiger partial charge is 0.695 e. The molecule has 76 heavy (non-hydrogen) atoms. The number of imidazole rings is 2. The Kier molecular flexibility index (Phi) is 18.1. The van der Waals surface area contributed by atoms with Crippen LogP contribution in [-0.2, 0) is 52.0 Å². The molecule has 3 aliphatic rings. The van der Waals surface area contributed by atoms with Gasteiger partial charge in [-0.15, -0.1) is 9.42 Å². The van der Waals surface area contributed by atoms with Gasteiger partial charge in [-0.05, 0) is 42.7 Å². The van der Waals surface area contributed by atoms with E-state index in [1.165, 1.54) is 17.2 Å².